The molecule has 6 rings (SSSR count). The van der Waals surface area contributed by atoms with Crippen molar-refractivity contribution in [3.05, 3.63) is 107 Å². The highest BCUT2D eigenvalue weighted by Crippen LogP contribution is 2.45. The van der Waals surface area contributed by atoms with Crippen LogP contribution in [0.5, 0.6) is 5.75 Å². The van der Waals surface area contributed by atoms with Gasteiger partial charge < -0.3 is 9.84 Å². The van der Waals surface area contributed by atoms with E-state index in [4.69, 9.17) is 4.74 Å². The first-order valence-corrected chi connectivity index (χ1v) is 15.8. The van der Waals surface area contributed by atoms with E-state index in [2.05, 4.69) is 22.1 Å². The number of benzene rings is 2. The van der Waals surface area contributed by atoms with Gasteiger partial charge in [0.05, 0.1) is 23.9 Å². The number of aryl methyl sites for hydroxylation is 1. The van der Waals surface area contributed by atoms with Gasteiger partial charge in [-0.3, -0.25) is 18.9 Å². The summed E-state index contributed by atoms with van der Waals surface area (Å²) in [7, 11) is 0. The second-order valence-electron chi connectivity index (χ2n) is 10.2. The van der Waals surface area contributed by atoms with Gasteiger partial charge in [0.25, 0.3) is 5.78 Å². The van der Waals surface area contributed by atoms with E-state index in [0.717, 1.165) is 29.7 Å². The van der Waals surface area contributed by atoms with Gasteiger partial charge in [0, 0.05) is 11.9 Å². The second-order valence-corrected chi connectivity index (χ2v) is 12.4. The van der Waals surface area contributed by atoms with E-state index in [9.17, 15) is 19.1 Å². The molecule has 12 heteroatoms. The van der Waals surface area contributed by atoms with Gasteiger partial charge >= 0.3 is 5.91 Å². The summed E-state index contributed by atoms with van der Waals surface area (Å²) in [4.78, 5) is 33.3. The number of rotatable bonds is 10. The predicted octanol–water partition coefficient (Wildman–Crippen LogP) is 6.73. The molecule has 44 heavy (non-hydrogen) atoms. The highest BCUT2D eigenvalue weighted by Gasteiger charge is 2.49. The van der Waals surface area contributed by atoms with Crippen molar-refractivity contribution in [2.45, 2.75) is 42.8 Å². The number of amides is 1. The molecule has 5 aromatic rings. The van der Waals surface area contributed by atoms with Gasteiger partial charge in [-0.2, -0.15) is 0 Å². The SMILES string of the molecule is CCCCOc1cccc(C2C(=C(O)c3c(C)nc4ccccn34)C(=O)C(=O)N2c2nnc(SCc3ccc(F)cc3)s2)c1. The third kappa shape index (κ3) is 5.70. The first-order chi connectivity index (χ1) is 21.4. The smallest absolute Gasteiger partial charge is 0.301 e. The number of ketones is 1. The number of aromatic nitrogens is 4. The third-order valence-electron chi connectivity index (χ3n) is 7.19. The predicted molar refractivity (Wildman–Crippen MR) is 167 cm³/mol. The lowest BCUT2D eigenvalue weighted by Gasteiger charge is -2.23. The summed E-state index contributed by atoms with van der Waals surface area (Å²) in [6.07, 6.45) is 3.59. The number of ether oxygens (including phenoxy) is 1. The number of anilines is 1. The van der Waals surface area contributed by atoms with Gasteiger partial charge in [-0.25, -0.2) is 9.37 Å². The summed E-state index contributed by atoms with van der Waals surface area (Å²) < 4.78 is 21.5. The van der Waals surface area contributed by atoms with E-state index in [1.807, 2.05) is 12.1 Å². The first kappa shape index (κ1) is 29.5. The maximum Gasteiger partial charge on any atom is 0.301 e. The van der Waals surface area contributed by atoms with E-state index in [0.29, 0.717) is 45.0 Å². The van der Waals surface area contributed by atoms with E-state index in [1.54, 1.807) is 60.0 Å². The largest absolute Gasteiger partial charge is 0.505 e. The second kappa shape index (κ2) is 12.6. The fourth-order valence-corrected chi connectivity index (χ4v) is 6.89. The molecule has 1 atom stereocenters. The van der Waals surface area contributed by atoms with Gasteiger partial charge in [-0.1, -0.05) is 66.8 Å². The fraction of sp³-hybridized carbons (Fsp3) is 0.219. The number of Topliss-reactive ketones (excluding diaryl/α,β-unsaturated/α-hetero) is 1. The van der Waals surface area contributed by atoms with Crippen LogP contribution in [0, 0.1) is 12.7 Å². The number of thioether (sulfide) groups is 1. The van der Waals surface area contributed by atoms with Crippen LogP contribution in [-0.2, 0) is 15.3 Å². The summed E-state index contributed by atoms with van der Waals surface area (Å²) in [5.74, 6) is -1.22. The normalized spacial score (nSPS) is 16.2. The van der Waals surface area contributed by atoms with E-state index < -0.39 is 17.7 Å². The van der Waals surface area contributed by atoms with Gasteiger partial charge in [0.2, 0.25) is 5.13 Å². The molecular formula is C32H28FN5O4S2. The number of imidazole rings is 1. The zero-order valence-electron chi connectivity index (χ0n) is 23.9. The molecule has 0 radical (unpaired) electrons. The summed E-state index contributed by atoms with van der Waals surface area (Å²) in [6, 6.07) is 17.8. The Morgan fingerprint density at radius 1 is 1.09 bits per heavy atom. The number of hydrogen-bond donors (Lipinski definition) is 1. The molecule has 1 N–H and O–H groups in total. The van der Waals surface area contributed by atoms with Gasteiger partial charge in [-0.15, -0.1) is 10.2 Å². The van der Waals surface area contributed by atoms with Crippen LogP contribution >= 0.6 is 23.1 Å². The quantitative estimate of drug-likeness (QED) is 0.0452. The number of carbonyl (C=O) groups excluding carboxylic acids is 2. The van der Waals surface area contributed by atoms with Crippen molar-refractivity contribution >= 4 is 51.3 Å². The van der Waals surface area contributed by atoms with Crippen LogP contribution < -0.4 is 9.64 Å². The number of halogens is 1. The summed E-state index contributed by atoms with van der Waals surface area (Å²) in [5, 5.41) is 20.5. The number of nitrogens with zero attached hydrogens (tertiary/aromatic N) is 5. The van der Waals surface area contributed by atoms with Crippen molar-refractivity contribution < 1.29 is 23.8 Å². The molecule has 1 fully saturated rings. The van der Waals surface area contributed by atoms with Crippen molar-refractivity contribution in [3.63, 3.8) is 0 Å². The third-order valence-corrected chi connectivity index (χ3v) is 9.32. The maximum atomic E-state index is 13.7. The monoisotopic (exact) mass is 629 g/mol. The van der Waals surface area contributed by atoms with Crippen molar-refractivity contribution in [2.75, 3.05) is 11.5 Å². The number of pyridine rings is 1. The maximum absolute atomic E-state index is 13.7. The molecule has 1 amide bonds. The summed E-state index contributed by atoms with van der Waals surface area (Å²) >= 11 is 2.55. The number of unbranched alkanes of at least 4 members (excludes halogenated alkanes) is 1. The average molecular weight is 630 g/mol. The van der Waals surface area contributed by atoms with Crippen LogP contribution in [0.15, 0.2) is 82.8 Å². The van der Waals surface area contributed by atoms with Crippen LogP contribution in [0.1, 0.15) is 48.3 Å². The number of hydrogen-bond acceptors (Lipinski definition) is 9. The molecule has 1 aliphatic heterocycles. The Morgan fingerprint density at radius 3 is 2.70 bits per heavy atom. The molecule has 0 aliphatic carbocycles. The summed E-state index contributed by atoms with van der Waals surface area (Å²) in [5.41, 5.74) is 2.82. The van der Waals surface area contributed by atoms with E-state index in [-0.39, 0.29) is 22.3 Å². The molecule has 0 bridgehead atoms. The molecule has 0 spiro atoms. The lowest BCUT2D eigenvalue weighted by atomic mass is 9.96. The Labute approximate surface area is 261 Å². The number of carbonyl (C=O) groups is 2. The molecule has 2 aromatic carbocycles. The Morgan fingerprint density at radius 2 is 1.91 bits per heavy atom. The van der Waals surface area contributed by atoms with Crippen molar-refractivity contribution in [3.8, 4) is 5.75 Å². The standard InChI is InChI=1S/C32H28FN5O4S2/c1-3-4-16-42-23-9-7-8-21(17-23)27-25(28(39)26-19(2)34-24-10-5-6-15-37(24)26)29(40)30(41)38(27)31-35-36-32(44-31)43-18-20-11-13-22(33)14-12-20/h5-15,17,27,39H,3-4,16,18H2,1-2H3. The minimum atomic E-state index is -0.999. The molecule has 224 valence electrons. The highest BCUT2D eigenvalue weighted by molar-refractivity contribution is 8.00. The Kier molecular flexibility index (Phi) is 8.45. The van der Waals surface area contributed by atoms with E-state index >= 15 is 0 Å². The van der Waals surface area contributed by atoms with Crippen LogP contribution in [0.4, 0.5) is 9.52 Å². The van der Waals surface area contributed by atoms with Crippen LogP contribution in [0.25, 0.3) is 11.4 Å². The van der Waals surface area contributed by atoms with Gasteiger partial charge in [0.1, 0.15) is 22.9 Å². The Bertz CT molecular complexity index is 1890. The lowest BCUT2D eigenvalue weighted by molar-refractivity contribution is -0.132. The highest BCUT2D eigenvalue weighted by atomic mass is 32.2. The molecule has 4 heterocycles. The Balaban J connectivity index is 1.43. The van der Waals surface area contributed by atoms with Gasteiger partial charge in [-0.05, 0) is 60.9 Å². The molecular weight excluding hydrogens is 602 g/mol. The summed E-state index contributed by atoms with van der Waals surface area (Å²) in [6.45, 7) is 4.33. The van der Waals surface area contributed by atoms with Gasteiger partial charge in [0.15, 0.2) is 10.1 Å². The number of fused-ring (bicyclic) bond motifs is 1. The topological polar surface area (TPSA) is 110 Å². The molecule has 1 unspecified atom stereocenters. The van der Waals surface area contributed by atoms with Crippen LogP contribution in [-0.4, -0.2) is 43.0 Å². The van der Waals surface area contributed by atoms with Crippen molar-refractivity contribution in [1.29, 1.82) is 0 Å². The fourth-order valence-electron chi connectivity index (χ4n) is 5.06. The molecule has 3 aromatic heterocycles. The first-order valence-electron chi connectivity index (χ1n) is 14.0. The Hall–Kier alpha value is -4.55. The van der Waals surface area contributed by atoms with Crippen LogP contribution in [0.2, 0.25) is 0 Å². The molecule has 9 nitrogen and oxygen atoms in total. The van der Waals surface area contributed by atoms with Crippen LogP contribution in [0.3, 0.4) is 0 Å². The van der Waals surface area contributed by atoms with Crippen molar-refractivity contribution in [2.24, 2.45) is 0 Å². The van der Waals surface area contributed by atoms with Crippen molar-refractivity contribution in [1.82, 2.24) is 19.6 Å². The number of aliphatic hydroxyl groups excluding tert-OH is 1. The minimum Gasteiger partial charge on any atom is -0.505 e. The zero-order chi connectivity index (χ0) is 30.8. The molecule has 1 saturated heterocycles. The average Bonchev–Trinajstić information content (AvgIpc) is 3.70. The molecule has 0 saturated carbocycles. The number of aliphatic hydroxyl groups is 1. The lowest BCUT2D eigenvalue weighted by Crippen LogP contribution is -2.29. The minimum absolute atomic E-state index is 0.0785. The zero-order valence-corrected chi connectivity index (χ0v) is 25.6. The molecule has 1 aliphatic rings. The van der Waals surface area contributed by atoms with E-state index in [1.165, 1.54) is 28.8 Å².